The molecule has 5 nitrogen and oxygen atoms in total. The Hall–Kier alpha value is -2.45. The highest BCUT2D eigenvalue weighted by Gasteiger charge is 2.08. The number of halogens is 1. The summed E-state index contributed by atoms with van der Waals surface area (Å²) in [6.45, 7) is 0.0902. The first-order chi connectivity index (χ1) is 9.11. The lowest BCUT2D eigenvalue weighted by Crippen LogP contribution is -2.31. The molecule has 2 amide bonds. The van der Waals surface area contributed by atoms with Crippen LogP contribution in [0.4, 0.5) is 10.5 Å². The van der Waals surface area contributed by atoms with Crippen molar-refractivity contribution in [3.8, 4) is 12.3 Å². The molecule has 96 valence electrons. The van der Waals surface area contributed by atoms with E-state index in [0.29, 0.717) is 15.9 Å². The Morgan fingerprint density at radius 1 is 1.47 bits per heavy atom. The zero-order valence-electron chi connectivity index (χ0n) is 9.79. The van der Waals surface area contributed by atoms with Gasteiger partial charge in [-0.1, -0.05) is 17.5 Å². The summed E-state index contributed by atoms with van der Waals surface area (Å²) in [5.74, 6) is 2.26. The van der Waals surface area contributed by atoms with Crippen LogP contribution in [0.3, 0.4) is 0 Å². The van der Waals surface area contributed by atoms with Gasteiger partial charge in [0.2, 0.25) is 5.43 Å². The van der Waals surface area contributed by atoms with Gasteiger partial charge in [0, 0.05) is 16.6 Å². The number of anilines is 1. The van der Waals surface area contributed by atoms with E-state index < -0.39 is 6.03 Å². The molecule has 0 aliphatic carbocycles. The average Bonchev–Trinajstić information content (AvgIpc) is 2.39. The van der Waals surface area contributed by atoms with E-state index in [4.69, 9.17) is 18.0 Å². The number of aromatic amines is 1. The summed E-state index contributed by atoms with van der Waals surface area (Å²) in [4.78, 5) is 26.4. The Balaban J connectivity index is 2.33. The largest absolute Gasteiger partial charge is 0.359 e. The van der Waals surface area contributed by atoms with Crippen LogP contribution in [0, 0.1) is 12.3 Å². The maximum atomic E-state index is 12.1. The number of terminal acetylenes is 1. The summed E-state index contributed by atoms with van der Waals surface area (Å²) in [6, 6.07) is 4.32. The van der Waals surface area contributed by atoms with Gasteiger partial charge in [-0.3, -0.25) is 4.79 Å². The van der Waals surface area contributed by atoms with E-state index in [9.17, 15) is 9.59 Å². The van der Waals surface area contributed by atoms with Crippen molar-refractivity contribution in [1.82, 2.24) is 10.3 Å². The van der Waals surface area contributed by atoms with Gasteiger partial charge in [0.1, 0.15) is 5.69 Å². The molecule has 0 saturated heterocycles. The van der Waals surface area contributed by atoms with Crippen molar-refractivity contribution in [1.29, 1.82) is 0 Å². The number of rotatable bonds is 2. The molecule has 0 aliphatic heterocycles. The van der Waals surface area contributed by atoms with E-state index in [0.717, 1.165) is 0 Å². The number of aromatic nitrogens is 1. The number of pyridine rings is 1. The molecule has 6 heteroatoms. The van der Waals surface area contributed by atoms with Crippen LogP contribution in [0.2, 0.25) is 5.02 Å². The Morgan fingerprint density at radius 3 is 3.00 bits per heavy atom. The molecule has 3 N–H and O–H groups in total. The second-order valence-corrected chi connectivity index (χ2v) is 4.17. The number of carbonyl (C=O) groups excluding carboxylic acids is 1. The third-order valence-corrected chi connectivity index (χ3v) is 2.68. The molecule has 1 heterocycles. The molecule has 0 saturated carbocycles. The Bertz CT molecular complexity index is 731. The van der Waals surface area contributed by atoms with Crippen LogP contribution in [-0.2, 0) is 0 Å². The lowest BCUT2D eigenvalue weighted by atomic mass is 10.2. The summed E-state index contributed by atoms with van der Waals surface area (Å²) in [5, 5.41) is 5.80. The van der Waals surface area contributed by atoms with Gasteiger partial charge in [0.25, 0.3) is 0 Å². The molecule has 2 aromatic rings. The minimum atomic E-state index is -0.531. The standard InChI is InChI=1S/C13H10ClN3O2/c1-2-5-15-13(19)17-11-7-16-10-6-8(14)3-4-9(10)12(11)18/h1,3-4,6-7H,5H2,(H,16,18)(H2,15,17,19). The monoisotopic (exact) mass is 275 g/mol. The average molecular weight is 276 g/mol. The minimum absolute atomic E-state index is 0.0902. The smallest absolute Gasteiger partial charge is 0.320 e. The van der Waals surface area contributed by atoms with Gasteiger partial charge in [0.15, 0.2) is 0 Å². The predicted octanol–water partition coefficient (Wildman–Crippen LogP) is 1.94. The number of nitrogens with one attached hydrogen (secondary N) is 3. The predicted molar refractivity (Wildman–Crippen MR) is 75.4 cm³/mol. The Kier molecular flexibility index (Phi) is 3.74. The van der Waals surface area contributed by atoms with Crippen molar-refractivity contribution in [2.24, 2.45) is 0 Å². The summed E-state index contributed by atoms with van der Waals surface area (Å²) >= 11 is 5.83. The lowest BCUT2D eigenvalue weighted by Gasteiger charge is -2.06. The van der Waals surface area contributed by atoms with E-state index >= 15 is 0 Å². The van der Waals surface area contributed by atoms with Crippen LogP contribution < -0.4 is 16.1 Å². The number of benzene rings is 1. The highest BCUT2D eigenvalue weighted by molar-refractivity contribution is 6.31. The quantitative estimate of drug-likeness (QED) is 0.733. The van der Waals surface area contributed by atoms with Crippen molar-refractivity contribution in [2.45, 2.75) is 0 Å². The number of amides is 2. The van der Waals surface area contributed by atoms with Gasteiger partial charge in [0.05, 0.1) is 12.1 Å². The van der Waals surface area contributed by atoms with Crippen molar-refractivity contribution in [3.05, 3.63) is 39.6 Å². The van der Waals surface area contributed by atoms with E-state index in [1.807, 2.05) is 0 Å². The summed E-state index contributed by atoms with van der Waals surface area (Å²) in [5.41, 5.74) is 0.456. The number of hydrogen-bond acceptors (Lipinski definition) is 2. The molecule has 0 radical (unpaired) electrons. The number of hydrogen-bond donors (Lipinski definition) is 3. The molecular formula is C13H10ClN3O2. The topological polar surface area (TPSA) is 74.0 Å². The molecule has 0 bridgehead atoms. The first-order valence-corrected chi connectivity index (χ1v) is 5.79. The molecule has 2 rings (SSSR count). The molecule has 0 aliphatic rings. The molecular weight excluding hydrogens is 266 g/mol. The fourth-order valence-electron chi connectivity index (χ4n) is 1.59. The first-order valence-electron chi connectivity index (χ1n) is 5.41. The Labute approximate surface area is 114 Å². The number of H-pyrrole nitrogens is 1. The van der Waals surface area contributed by atoms with Crippen LogP contribution in [0.15, 0.2) is 29.2 Å². The third kappa shape index (κ3) is 2.87. The second-order valence-electron chi connectivity index (χ2n) is 3.73. The van der Waals surface area contributed by atoms with Gasteiger partial charge in [-0.2, -0.15) is 0 Å². The van der Waals surface area contributed by atoms with E-state index in [2.05, 4.69) is 21.5 Å². The SMILES string of the molecule is C#CCNC(=O)Nc1c[nH]c2cc(Cl)ccc2c1=O. The molecule has 0 atom stereocenters. The summed E-state index contributed by atoms with van der Waals surface area (Å²) < 4.78 is 0. The fraction of sp³-hybridized carbons (Fsp3) is 0.0769. The minimum Gasteiger partial charge on any atom is -0.359 e. The number of urea groups is 1. The molecule has 19 heavy (non-hydrogen) atoms. The zero-order chi connectivity index (χ0) is 13.8. The van der Waals surface area contributed by atoms with E-state index in [-0.39, 0.29) is 17.7 Å². The molecule has 1 aromatic carbocycles. The Morgan fingerprint density at radius 2 is 2.26 bits per heavy atom. The second kappa shape index (κ2) is 5.46. The van der Waals surface area contributed by atoms with Gasteiger partial charge in [-0.25, -0.2) is 4.79 Å². The zero-order valence-corrected chi connectivity index (χ0v) is 10.5. The summed E-state index contributed by atoms with van der Waals surface area (Å²) in [6.07, 6.45) is 6.43. The molecule has 0 fully saturated rings. The first kappa shape index (κ1) is 13.0. The van der Waals surface area contributed by atoms with Crippen LogP contribution in [0.25, 0.3) is 10.9 Å². The van der Waals surface area contributed by atoms with E-state index in [1.165, 1.54) is 6.20 Å². The van der Waals surface area contributed by atoms with Crippen LogP contribution in [0.1, 0.15) is 0 Å². The van der Waals surface area contributed by atoms with Crippen molar-refractivity contribution >= 4 is 34.2 Å². The van der Waals surface area contributed by atoms with Crippen LogP contribution >= 0.6 is 11.6 Å². The molecule has 1 aromatic heterocycles. The lowest BCUT2D eigenvalue weighted by molar-refractivity contribution is 0.253. The van der Waals surface area contributed by atoms with Crippen LogP contribution in [0.5, 0.6) is 0 Å². The maximum absolute atomic E-state index is 12.1. The normalized spacial score (nSPS) is 9.89. The number of carbonyl (C=O) groups is 1. The summed E-state index contributed by atoms with van der Waals surface area (Å²) in [7, 11) is 0. The molecule has 0 unspecified atom stereocenters. The van der Waals surface area contributed by atoms with Crippen molar-refractivity contribution in [2.75, 3.05) is 11.9 Å². The van der Waals surface area contributed by atoms with Crippen LogP contribution in [-0.4, -0.2) is 17.6 Å². The van der Waals surface area contributed by atoms with Gasteiger partial charge in [-0.15, -0.1) is 6.42 Å². The van der Waals surface area contributed by atoms with E-state index in [1.54, 1.807) is 18.2 Å². The van der Waals surface area contributed by atoms with Gasteiger partial charge in [-0.05, 0) is 18.2 Å². The van der Waals surface area contributed by atoms with Gasteiger partial charge < -0.3 is 15.6 Å². The molecule has 0 spiro atoms. The third-order valence-electron chi connectivity index (χ3n) is 2.44. The van der Waals surface area contributed by atoms with Gasteiger partial charge >= 0.3 is 6.03 Å². The highest BCUT2D eigenvalue weighted by Crippen LogP contribution is 2.16. The highest BCUT2D eigenvalue weighted by atomic mass is 35.5. The van der Waals surface area contributed by atoms with Crippen molar-refractivity contribution in [3.63, 3.8) is 0 Å². The fourth-order valence-corrected chi connectivity index (χ4v) is 1.76. The maximum Gasteiger partial charge on any atom is 0.320 e. The van der Waals surface area contributed by atoms with Crippen molar-refractivity contribution < 1.29 is 4.79 Å². The number of fused-ring (bicyclic) bond motifs is 1.